The van der Waals surface area contributed by atoms with Crippen molar-refractivity contribution in [2.24, 2.45) is 0 Å². The van der Waals surface area contributed by atoms with E-state index in [4.69, 9.17) is 0 Å². The van der Waals surface area contributed by atoms with Crippen LogP contribution in [0.4, 0.5) is 19.3 Å². The Morgan fingerprint density at radius 2 is 1.96 bits per heavy atom. The minimum atomic E-state index is -2.96. The number of para-hydroxylation sites is 3. The van der Waals surface area contributed by atoms with E-state index < -0.39 is 12.6 Å². The highest BCUT2D eigenvalue weighted by atomic mass is 32.1. The predicted molar refractivity (Wildman–Crippen MR) is 93.2 cm³/mol. The zero-order chi connectivity index (χ0) is 17.8. The normalized spacial score (nSPS) is 10.9. The number of fused-ring (bicyclic) bond motifs is 1. The summed E-state index contributed by atoms with van der Waals surface area (Å²) in [5.74, 6) is -0.0840. The number of halogens is 2. The predicted octanol–water partition coefficient (Wildman–Crippen LogP) is 4.56. The van der Waals surface area contributed by atoms with Crippen LogP contribution in [-0.2, 0) is 6.54 Å². The summed E-state index contributed by atoms with van der Waals surface area (Å²) in [5.41, 5.74) is 1.07. The van der Waals surface area contributed by atoms with Crippen LogP contribution in [0.5, 0.6) is 5.75 Å². The maximum atomic E-state index is 12.4. The Kier molecular flexibility index (Phi) is 5.08. The zero-order valence-electron chi connectivity index (χ0n) is 13.3. The van der Waals surface area contributed by atoms with Gasteiger partial charge in [-0.05, 0) is 24.3 Å². The average molecular weight is 363 g/mol. The molecule has 25 heavy (non-hydrogen) atoms. The molecule has 0 aliphatic carbocycles. The van der Waals surface area contributed by atoms with Crippen LogP contribution in [0.3, 0.4) is 0 Å². The Labute approximate surface area is 146 Å². The van der Waals surface area contributed by atoms with Crippen molar-refractivity contribution >= 4 is 33.3 Å². The SMILES string of the molecule is CN(Cc1nc2ccccc2s1)C(=O)Nc1ccccc1OC(F)F. The number of hydrogen-bond acceptors (Lipinski definition) is 4. The molecule has 1 aromatic heterocycles. The maximum Gasteiger partial charge on any atom is 0.387 e. The van der Waals surface area contributed by atoms with Gasteiger partial charge in [-0.3, -0.25) is 0 Å². The Hall–Kier alpha value is -2.74. The fourth-order valence-corrected chi connectivity index (χ4v) is 3.26. The van der Waals surface area contributed by atoms with E-state index >= 15 is 0 Å². The standard InChI is InChI=1S/C17H15F2N3O2S/c1-22(10-15-20-12-7-3-5-9-14(12)25-15)17(23)21-11-6-2-4-8-13(11)24-16(18)19/h2-9,16H,10H2,1H3,(H,21,23). The number of nitrogens with zero attached hydrogens (tertiary/aromatic N) is 2. The molecule has 130 valence electrons. The first-order valence-electron chi connectivity index (χ1n) is 7.43. The number of hydrogen-bond donors (Lipinski definition) is 1. The third kappa shape index (κ3) is 4.21. The van der Waals surface area contributed by atoms with Crippen molar-refractivity contribution in [2.45, 2.75) is 13.2 Å². The first-order chi connectivity index (χ1) is 12.0. The Morgan fingerprint density at radius 3 is 2.72 bits per heavy atom. The van der Waals surface area contributed by atoms with Gasteiger partial charge >= 0.3 is 12.6 Å². The second kappa shape index (κ2) is 7.43. The van der Waals surface area contributed by atoms with E-state index in [0.29, 0.717) is 6.54 Å². The van der Waals surface area contributed by atoms with Crippen LogP contribution < -0.4 is 10.1 Å². The number of amides is 2. The Bertz CT molecular complexity index is 852. The highest BCUT2D eigenvalue weighted by molar-refractivity contribution is 7.18. The van der Waals surface area contributed by atoms with Gasteiger partial charge in [0.2, 0.25) is 0 Å². The minimum absolute atomic E-state index is 0.0840. The van der Waals surface area contributed by atoms with E-state index in [0.717, 1.165) is 15.2 Å². The lowest BCUT2D eigenvalue weighted by Crippen LogP contribution is -2.31. The molecule has 1 heterocycles. The number of nitrogens with one attached hydrogen (secondary N) is 1. The van der Waals surface area contributed by atoms with Gasteiger partial charge in [0.15, 0.2) is 0 Å². The Morgan fingerprint density at radius 1 is 1.24 bits per heavy atom. The van der Waals surface area contributed by atoms with Gasteiger partial charge in [-0.15, -0.1) is 11.3 Å². The number of aromatic nitrogens is 1. The van der Waals surface area contributed by atoms with Gasteiger partial charge in [-0.2, -0.15) is 8.78 Å². The molecular weight excluding hydrogens is 348 g/mol. The molecule has 0 bridgehead atoms. The van der Waals surface area contributed by atoms with E-state index in [-0.39, 0.29) is 11.4 Å². The lowest BCUT2D eigenvalue weighted by atomic mass is 10.3. The number of carbonyl (C=O) groups excluding carboxylic acids is 1. The molecule has 0 saturated heterocycles. The average Bonchev–Trinajstić information content (AvgIpc) is 2.98. The summed E-state index contributed by atoms with van der Waals surface area (Å²) in [5, 5.41) is 3.36. The van der Waals surface area contributed by atoms with Crippen LogP contribution in [0.15, 0.2) is 48.5 Å². The van der Waals surface area contributed by atoms with Crippen molar-refractivity contribution in [1.29, 1.82) is 0 Å². The summed E-state index contributed by atoms with van der Waals surface area (Å²) in [7, 11) is 1.61. The summed E-state index contributed by atoms with van der Waals surface area (Å²) in [6, 6.07) is 13.3. The zero-order valence-corrected chi connectivity index (χ0v) is 14.1. The summed E-state index contributed by atoms with van der Waals surface area (Å²) in [6.07, 6.45) is 0. The van der Waals surface area contributed by atoms with Gasteiger partial charge in [-0.1, -0.05) is 24.3 Å². The molecule has 0 radical (unpaired) electrons. The number of anilines is 1. The van der Waals surface area contributed by atoms with E-state index in [2.05, 4.69) is 15.0 Å². The van der Waals surface area contributed by atoms with Gasteiger partial charge in [-0.25, -0.2) is 9.78 Å². The molecule has 1 N–H and O–H groups in total. The van der Waals surface area contributed by atoms with Crippen LogP contribution in [0, 0.1) is 0 Å². The maximum absolute atomic E-state index is 12.4. The van der Waals surface area contributed by atoms with Gasteiger partial charge in [0.25, 0.3) is 0 Å². The van der Waals surface area contributed by atoms with Crippen LogP contribution in [-0.4, -0.2) is 29.6 Å². The molecule has 3 rings (SSSR count). The van der Waals surface area contributed by atoms with Gasteiger partial charge in [0, 0.05) is 7.05 Å². The van der Waals surface area contributed by atoms with Crippen molar-refractivity contribution in [2.75, 3.05) is 12.4 Å². The number of benzene rings is 2. The van der Waals surface area contributed by atoms with Crippen molar-refractivity contribution < 1.29 is 18.3 Å². The van der Waals surface area contributed by atoms with Gasteiger partial charge < -0.3 is 15.0 Å². The van der Waals surface area contributed by atoms with E-state index in [1.54, 1.807) is 19.2 Å². The highest BCUT2D eigenvalue weighted by Gasteiger charge is 2.15. The first kappa shape index (κ1) is 17.1. The molecule has 5 nitrogen and oxygen atoms in total. The highest BCUT2D eigenvalue weighted by Crippen LogP contribution is 2.26. The number of carbonyl (C=O) groups is 1. The van der Waals surface area contributed by atoms with Crippen molar-refractivity contribution in [3.63, 3.8) is 0 Å². The molecule has 0 fully saturated rings. The summed E-state index contributed by atoms with van der Waals surface area (Å²) in [4.78, 5) is 18.2. The molecule has 2 aromatic carbocycles. The monoisotopic (exact) mass is 363 g/mol. The van der Waals surface area contributed by atoms with Gasteiger partial charge in [0.1, 0.15) is 10.8 Å². The smallest absolute Gasteiger partial charge is 0.387 e. The topological polar surface area (TPSA) is 54.5 Å². The van der Waals surface area contributed by atoms with Crippen molar-refractivity contribution in [3.8, 4) is 5.75 Å². The van der Waals surface area contributed by atoms with Crippen LogP contribution in [0.1, 0.15) is 5.01 Å². The summed E-state index contributed by atoms with van der Waals surface area (Å²) < 4.78 is 30.3. The fourth-order valence-electron chi connectivity index (χ4n) is 2.24. The van der Waals surface area contributed by atoms with E-state index in [9.17, 15) is 13.6 Å². The summed E-state index contributed by atoms with van der Waals surface area (Å²) >= 11 is 1.50. The lowest BCUT2D eigenvalue weighted by Gasteiger charge is -2.18. The number of thiazole rings is 1. The van der Waals surface area contributed by atoms with E-state index in [1.165, 1.54) is 28.4 Å². The molecule has 0 aliphatic heterocycles. The fraction of sp³-hybridized carbons (Fsp3) is 0.176. The van der Waals surface area contributed by atoms with Crippen molar-refractivity contribution in [3.05, 3.63) is 53.5 Å². The third-order valence-corrected chi connectivity index (χ3v) is 4.42. The second-order valence-electron chi connectivity index (χ2n) is 5.24. The molecule has 0 aliphatic rings. The number of ether oxygens (including phenoxy) is 1. The quantitative estimate of drug-likeness (QED) is 0.723. The van der Waals surface area contributed by atoms with E-state index in [1.807, 2.05) is 24.3 Å². The lowest BCUT2D eigenvalue weighted by molar-refractivity contribution is -0.0493. The largest absolute Gasteiger partial charge is 0.433 e. The third-order valence-electron chi connectivity index (χ3n) is 3.40. The van der Waals surface area contributed by atoms with Crippen LogP contribution >= 0.6 is 11.3 Å². The molecule has 0 saturated carbocycles. The Balaban J connectivity index is 1.68. The molecule has 0 unspecified atom stereocenters. The van der Waals surface area contributed by atoms with Crippen LogP contribution in [0.2, 0.25) is 0 Å². The number of urea groups is 1. The molecule has 8 heteroatoms. The van der Waals surface area contributed by atoms with Gasteiger partial charge in [0.05, 0.1) is 22.4 Å². The number of alkyl halides is 2. The second-order valence-corrected chi connectivity index (χ2v) is 6.35. The summed E-state index contributed by atoms with van der Waals surface area (Å²) in [6.45, 7) is -2.65. The molecule has 0 spiro atoms. The molecular formula is C17H15F2N3O2S. The first-order valence-corrected chi connectivity index (χ1v) is 8.25. The van der Waals surface area contributed by atoms with Crippen molar-refractivity contribution in [1.82, 2.24) is 9.88 Å². The molecule has 2 amide bonds. The minimum Gasteiger partial charge on any atom is -0.433 e. The number of rotatable bonds is 5. The molecule has 3 aromatic rings. The van der Waals surface area contributed by atoms with Crippen LogP contribution in [0.25, 0.3) is 10.2 Å². The molecule has 0 atom stereocenters.